The topological polar surface area (TPSA) is 62.1 Å². The predicted molar refractivity (Wildman–Crippen MR) is 71.4 cm³/mol. The zero-order valence-corrected chi connectivity index (χ0v) is 11.5. The molecule has 4 heteroatoms. The number of nitrogens with one attached hydrogen (secondary N) is 1. The van der Waals surface area contributed by atoms with Crippen molar-refractivity contribution in [1.29, 1.82) is 5.26 Å². The Bertz CT molecular complexity index is 554. The lowest BCUT2D eigenvalue weighted by molar-refractivity contribution is -0.150. The Kier molecular flexibility index (Phi) is 3.59. The van der Waals surface area contributed by atoms with Crippen molar-refractivity contribution in [2.75, 3.05) is 13.2 Å². The summed E-state index contributed by atoms with van der Waals surface area (Å²) in [6.45, 7) is 7.04. The van der Waals surface area contributed by atoms with E-state index in [1.54, 1.807) is 0 Å². The Labute approximate surface area is 113 Å². The number of aryl methyl sites for hydroxylation is 1. The van der Waals surface area contributed by atoms with Crippen LogP contribution in [0.1, 0.15) is 22.3 Å². The summed E-state index contributed by atoms with van der Waals surface area (Å²) in [5, 5.41) is 11.9. The van der Waals surface area contributed by atoms with Crippen molar-refractivity contribution < 1.29 is 9.53 Å². The maximum absolute atomic E-state index is 12.0. The van der Waals surface area contributed by atoms with E-state index in [-0.39, 0.29) is 19.1 Å². The zero-order chi connectivity index (χ0) is 14.0. The molecule has 0 aliphatic carbocycles. The zero-order valence-electron chi connectivity index (χ0n) is 11.5. The molecule has 0 saturated carbocycles. The third-order valence-corrected chi connectivity index (χ3v) is 3.96. The molecule has 1 N–H and O–H groups in total. The van der Waals surface area contributed by atoms with Gasteiger partial charge in [-0.25, -0.2) is 0 Å². The van der Waals surface area contributed by atoms with E-state index < -0.39 is 5.41 Å². The Balaban J connectivity index is 2.06. The maximum atomic E-state index is 12.0. The standard InChI is InChI=1S/C15H18N2O2/c1-10-4-5-13(12(3)11(10)2)6-17-14(18)15(7-16)8-19-9-15/h4-5H,6,8-9H2,1-3H3,(H,17,18). The molecule has 0 aromatic heterocycles. The van der Waals surface area contributed by atoms with Crippen molar-refractivity contribution >= 4 is 5.91 Å². The van der Waals surface area contributed by atoms with Gasteiger partial charge in [0.05, 0.1) is 19.3 Å². The normalized spacial score (nSPS) is 16.3. The molecule has 1 fully saturated rings. The first-order valence-corrected chi connectivity index (χ1v) is 6.33. The number of hydrogen-bond donors (Lipinski definition) is 1. The Morgan fingerprint density at radius 1 is 1.37 bits per heavy atom. The number of hydrogen-bond acceptors (Lipinski definition) is 3. The molecule has 1 aliphatic heterocycles. The van der Waals surface area contributed by atoms with Gasteiger partial charge in [0.15, 0.2) is 5.41 Å². The van der Waals surface area contributed by atoms with Gasteiger partial charge in [-0.2, -0.15) is 5.26 Å². The highest BCUT2D eigenvalue weighted by atomic mass is 16.5. The number of carbonyl (C=O) groups excluding carboxylic acids is 1. The van der Waals surface area contributed by atoms with E-state index in [9.17, 15) is 4.79 Å². The van der Waals surface area contributed by atoms with Crippen molar-refractivity contribution in [1.82, 2.24) is 5.32 Å². The van der Waals surface area contributed by atoms with Gasteiger partial charge < -0.3 is 10.1 Å². The third-order valence-electron chi connectivity index (χ3n) is 3.96. The third kappa shape index (κ3) is 2.34. The van der Waals surface area contributed by atoms with E-state index in [0.29, 0.717) is 6.54 Å². The molecule has 1 amide bonds. The van der Waals surface area contributed by atoms with Crippen LogP contribution in [-0.4, -0.2) is 19.1 Å². The summed E-state index contributed by atoms with van der Waals surface area (Å²) < 4.78 is 4.98. The van der Waals surface area contributed by atoms with Gasteiger partial charge in [0.1, 0.15) is 0 Å². The second-order valence-electron chi connectivity index (χ2n) is 5.16. The molecule has 100 valence electrons. The molecule has 0 radical (unpaired) electrons. The van der Waals surface area contributed by atoms with Crippen LogP contribution in [0.3, 0.4) is 0 Å². The monoisotopic (exact) mass is 258 g/mol. The lowest BCUT2D eigenvalue weighted by atomic mass is 9.86. The molecule has 0 bridgehead atoms. The molecular weight excluding hydrogens is 240 g/mol. The minimum absolute atomic E-state index is 0.196. The second-order valence-corrected chi connectivity index (χ2v) is 5.16. The van der Waals surface area contributed by atoms with Crippen LogP contribution in [0.4, 0.5) is 0 Å². The molecule has 0 spiro atoms. The molecule has 1 aliphatic rings. The Morgan fingerprint density at radius 2 is 2.05 bits per heavy atom. The molecule has 1 saturated heterocycles. The van der Waals surface area contributed by atoms with E-state index in [1.165, 1.54) is 16.7 Å². The van der Waals surface area contributed by atoms with Gasteiger partial charge in [0.25, 0.3) is 0 Å². The van der Waals surface area contributed by atoms with Crippen molar-refractivity contribution in [2.45, 2.75) is 27.3 Å². The van der Waals surface area contributed by atoms with Crippen LogP contribution < -0.4 is 5.32 Å². The van der Waals surface area contributed by atoms with E-state index in [2.05, 4.69) is 32.2 Å². The molecule has 2 rings (SSSR count). The first-order chi connectivity index (χ1) is 9.00. The molecule has 1 aromatic rings. The van der Waals surface area contributed by atoms with Gasteiger partial charge in [0.2, 0.25) is 5.91 Å². The lowest BCUT2D eigenvalue weighted by Gasteiger charge is -2.33. The molecular formula is C15H18N2O2. The van der Waals surface area contributed by atoms with Crippen molar-refractivity contribution in [3.63, 3.8) is 0 Å². The van der Waals surface area contributed by atoms with E-state index in [0.717, 1.165) is 5.56 Å². The minimum atomic E-state index is -0.979. The van der Waals surface area contributed by atoms with Crippen LogP contribution in [0.15, 0.2) is 12.1 Å². The lowest BCUT2D eigenvalue weighted by Crippen LogP contribution is -2.53. The van der Waals surface area contributed by atoms with Crippen LogP contribution in [0, 0.1) is 37.5 Å². The van der Waals surface area contributed by atoms with Crippen LogP contribution >= 0.6 is 0 Å². The SMILES string of the molecule is Cc1ccc(CNC(=O)C2(C#N)COC2)c(C)c1C. The number of benzene rings is 1. The van der Waals surface area contributed by atoms with Gasteiger partial charge >= 0.3 is 0 Å². The summed E-state index contributed by atoms with van der Waals surface area (Å²) in [4.78, 5) is 12.0. The summed E-state index contributed by atoms with van der Waals surface area (Å²) in [6, 6.07) is 6.12. The van der Waals surface area contributed by atoms with Gasteiger partial charge in [-0.3, -0.25) is 4.79 Å². The highest BCUT2D eigenvalue weighted by molar-refractivity contribution is 5.86. The maximum Gasteiger partial charge on any atom is 0.245 e. The highest BCUT2D eigenvalue weighted by Crippen LogP contribution is 2.26. The average Bonchev–Trinajstić information content (AvgIpc) is 2.34. The van der Waals surface area contributed by atoms with Gasteiger partial charge in [-0.05, 0) is 43.0 Å². The van der Waals surface area contributed by atoms with Crippen LogP contribution in [0.25, 0.3) is 0 Å². The average molecular weight is 258 g/mol. The molecule has 19 heavy (non-hydrogen) atoms. The Morgan fingerprint density at radius 3 is 2.58 bits per heavy atom. The van der Waals surface area contributed by atoms with Crippen molar-refractivity contribution in [2.24, 2.45) is 5.41 Å². The fraction of sp³-hybridized carbons (Fsp3) is 0.467. The van der Waals surface area contributed by atoms with Gasteiger partial charge in [0, 0.05) is 6.54 Å². The fourth-order valence-electron chi connectivity index (χ4n) is 2.10. The first-order valence-electron chi connectivity index (χ1n) is 6.33. The number of amides is 1. The minimum Gasteiger partial charge on any atom is -0.377 e. The van der Waals surface area contributed by atoms with Crippen LogP contribution in [0.2, 0.25) is 0 Å². The quantitative estimate of drug-likeness (QED) is 0.898. The summed E-state index contributed by atoms with van der Waals surface area (Å²) in [5.74, 6) is -0.237. The molecule has 4 nitrogen and oxygen atoms in total. The summed E-state index contributed by atoms with van der Waals surface area (Å²) >= 11 is 0. The fourth-order valence-corrected chi connectivity index (χ4v) is 2.10. The van der Waals surface area contributed by atoms with E-state index in [4.69, 9.17) is 10.00 Å². The highest BCUT2D eigenvalue weighted by Gasteiger charge is 2.46. The first kappa shape index (κ1) is 13.6. The molecule has 1 heterocycles. The van der Waals surface area contributed by atoms with Crippen LogP contribution in [0.5, 0.6) is 0 Å². The van der Waals surface area contributed by atoms with Crippen LogP contribution in [-0.2, 0) is 16.1 Å². The van der Waals surface area contributed by atoms with Crippen molar-refractivity contribution in [3.05, 3.63) is 34.4 Å². The van der Waals surface area contributed by atoms with E-state index >= 15 is 0 Å². The van der Waals surface area contributed by atoms with E-state index in [1.807, 2.05) is 12.1 Å². The van der Waals surface area contributed by atoms with Gasteiger partial charge in [-0.15, -0.1) is 0 Å². The molecule has 0 atom stereocenters. The Hall–Kier alpha value is -1.86. The summed E-state index contributed by atoms with van der Waals surface area (Å²) in [5.41, 5.74) is 3.79. The molecule has 1 aromatic carbocycles. The number of rotatable bonds is 3. The largest absolute Gasteiger partial charge is 0.377 e. The van der Waals surface area contributed by atoms with Crippen molar-refractivity contribution in [3.8, 4) is 6.07 Å². The number of nitrogens with zero attached hydrogens (tertiary/aromatic N) is 1. The second kappa shape index (κ2) is 5.02. The summed E-state index contributed by atoms with van der Waals surface area (Å²) in [7, 11) is 0. The van der Waals surface area contributed by atoms with Gasteiger partial charge in [-0.1, -0.05) is 12.1 Å². The smallest absolute Gasteiger partial charge is 0.245 e. The molecule has 0 unspecified atom stereocenters. The summed E-state index contributed by atoms with van der Waals surface area (Å²) in [6.07, 6.45) is 0. The predicted octanol–water partition coefficient (Wildman–Crippen LogP) is 1.77. The number of carbonyl (C=O) groups is 1. The number of nitriles is 1. The number of ether oxygens (including phenoxy) is 1.